The van der Waals surface area contributed by atoms with Gasteiger partial charge in [-0.3, -0.25) is 4.79 Å². The number of anilines is 1. The molecule has 0 aliphatic rings. The maximum absolute atomic E-state index is 12.7. The largest absolute Gasteiger partial charge is 0.416 e. The van der Waals surface area contributed by atoms with Gasteiger partial charge in [0.2, 0.25) is 0 Å². The first-order valence-corrected chi connectivity index (χ1v) is 6.59. The van der Waals surface area contributed by atoms with Crippen molar-refractivity contribution in [3.05, 3.63) is 51.5 Å². The van der Waals surface area contributed by atoms with Gasteiger partial charge in [0, 0.05) is 10.2 Å². The SMILES string of the molecule is O=C(Nc1cc(Br)cc(C(F)(F)F)c1)c1cnc(Cl)cn1. The number of hydrogen-bond donors (Lipinski definition) is 1. The molecule has 0 saturated carbocycles. The van der Waals surface area contributed by atoms with Crippen molar-refractivity contribution in [1.82, 2.24) is 9.97 Å². The number of halogens is 5. The van der Waals surface area contributed by atoms with Crippen LogP contribution in [-0.4, -0.2) is 15.9 Å². The molecule has 0 unspecified atom stereocenters. The summed E-state index contributed by atoms with van der Waals surface area (Å²) in [5, 5.41) is 2.42. The molecule has 1 N–H and O–H groups in total. The fourth-order valence-corrected chi connectivity index (χ4v) is 2.04. The lowest BCUT2D eigenvalue weighted by molar-refractivity contribution is -0.137. The van der Waals surface area contributed by atoms with Gasteiger partial charge in [-0.15, -0.1) is 0 Å². The smallest absolute Gasteiger partial charge is 0.321 e. The van der Waals surface area contributed by atoms with E-state index in [-0.39, 0.29) is 21.0 Å². The number of rotatable bonds is 2. The van der Waals surface area contributed by atoms with E-state index in [0.717, 1.165) is 18.3 Å². The van der Waals surface area contributed by atoms with E-state index in [1.165, 1.54) is 12.3 Å². The van der Waals surface area contributed by atoms with Crippen LogP contribution in [0.25, 0.3) is 0 Å². The fourth-order valence-electron chi connectivity index (χ4n) is 1.45. The molecule has 2 rings (SSSR count). The second kappa shape index (κ2) is 5.98. The molecule has 0 aliphatic carbocycles. The van der Waals surface area contributed by atoms with E-state index in [2.05, 4.69) is 31.2 Å². The third kappa shape index (κ3) is 4.15. The second-order valence-corrected chi connectivity index (χ2v) is 5.21. The summed E-state index contributed by atoms with van der Waals surface area (Å²) in [7, 11) is 0. The third-order valence-electron chi connectivity index (χ3n) is 2.34. The molecule has 0 radical (unpaired) electrons. The van der Waals surface area contributed by atoms with Gasteiger partial charge in [-0.05, 0) is 18.2 Å². The van der Waals surface area contributed by atoms with Crippen LogP contribution in [0.3, 0.4) is 0 Å². The normalized spacial score (nSPS) is 11.3. The molecule has 1 amide bonds. The summed E-state index contributed by atoms with van der Waals surface area (Å²) in [5.41, 5.74) is -0.958. The van der Waals surface area contributed by atoms with E-state index in [4.69, 9.17) is 11.6 Å². The summed E-state index contributed by atoms with van der Waals surface area (Å²) in [6.07, 6.45) is -2.22. The van der Waals surface area contributed by atoms with Crippen LogP contribution in [0.2, 0.25) is 5.15 Å². The summed E-state index contributed by atoms with van der Waals surface area (Å²) < 4.78 is 38.2. The van der Waals surface area contributed by atoms with Gasteiger partial charge >= 0.3 is 6.18 Å². The Morgan fingerprint density at radius 1 is 1.19 bits per heavy atom. The molecule has 1 aromatic heterocycles. The first-order chi connectivity index (χ1) is 9.75. The Balaban J connectivity index is 2.25. The zero-order chi connectivity index (χ0) is 15.6. The zero-order valence-electron chi connectivity index (χ0n) is 10.1. The molecule has 0 atom stereocenters. The molecule has 1 heterocycles. The zero-order valence-corrected chi connectivity index (χ0v) is 12.4. The highest BCUT2D eigenvalue weighted by Gasteiger charge is 2.31. The van der Waals surface area contributed by atoms with Crippen molar-refractivity contribution in [2.45, 2.75) is 6.18 Å². The van der Waals surface area contributed by atoms with Crippen molar-refractivity contribution in [2.75, 3.05) is 5.32 Å². The number of alkyl halides is 3. The molecule has 0 saturated heterocycles. The standard InChI is InChI=1S/C12H6BrClF3N3O/c13-7-1-6(12(15,16)17)2-8(3-7)20-11(21)9-4-19-10(14)5-18-9/h1-5H,(H,20,21). The number of carbonyl (C=O) groups excluding carboxylic acids is 1. The molecule has 2 aromatic rings. The summed E-state index contributed by atoms with van der Waals surface area (Å²) in [4.78, 5) is 19.2. The minimum atomic E-state index is -4.51. The lowest BCUT2D eigenvalue weighted by atomic mass is 10.2. The highest BCUT2D eigenvalue weighted by molar-refractivity contribution is 9.10. The summed E-state index contributed by atoms with van der Waals surface area (Å²) in [5.74, 6) is -0.689. The van der Waals surface area contributed by atoms with Gasteiger partial charge in [0.15, 0.2) is 0 Å². The van der Waals surface area contributed by atoms with Crippen molar-refractivity contribution in [1.29, 1.82) is 0 Å². The van der Waals surface area contributed by atoms with E-state index in [1.54, 1.807) is 0 Å². The molecule has 4 nitrogen and oxygen atoms in total. The minimum absolute atomic E-state index is 0.0153. The molecular weight excluding hydrogens is 375 g/mol. The van der Waals surface area contributed by atoms with E-state index < -0.39 is 17.6 Å². The van der Waals surface area contributed by atoms with Gasteiger partial charge in [0.25, 0.3) is 5.91 Å². The van der Waals surface area contributed by atoms with Gasteiger partial charge in [-0.1, -0.05) is 27.5 Å². The quantitative estimate of drug-likeness (QED) is 0.851. The van der Waals surface area contributed by atoms with Crippen LogP contribution in [0.1, 0.15) is 16.1 Å². The van der Waals surface area contributed by atoms with Gasteiger partial charge in [0.1, 0.15) is 10.8 Å². The van der Waals surface area contributed by atoms with Crippen LogP contribution in [0.5, 0.6) is 0 Å². The van der Waals surface area contributed by atoms with Crippen LogP contribution in [0.4, 0.5) is 18.9 Å². The molecule has 9 heteroatoms. The Morgan fingerprint density at radius 2 is 1.90 bits per heavy atom. The van der Waals surface area contributed by atoms with Crippen molar-refractivity contribution in [3.63, 3.8) is 0 Å². The van der Waals surface area contributed by atoms with Crippen molar-refractivity contribution in [2.24, 2.45) is 0 Å². The van der Waals surface area contributed by atoms with Crippen LogP contribution < -0.4 is 5.32 Å². The number of amides is 1. The lowest BCUT2D eigenvalue weighted by Gasteiger charge is -2.10. The predicted octanol–water partition coefficient (Wildman–Crippen LogP) is 4.16. The maximum atomic E-state index is 12.7. The monoisotopic (exact) mass is 379 g/mol. The van der Waals surface area contributed by atoms with Crippen molar-refractivity contribution < 1.29 is 18.0 Å². The molecule has 21 heavy (non-hydrogen) atoms. The van der Waals surface area contributed by atoms with Crippen LogP contribution >= 0.6 is 27.5 Å². The highest BCUT2D eigenvalue weighted by atomic mass is 79.9. The van der Waals surface area contributed by atoms with Crippen molar-refractivity contribution in [3.8, 4) is 0 Å². The predicted molar refractivity (Wildman–Crippen MR) is 74.1 cm³/mol. The Morgan fingerprint density at radius 3 is 2.48 bits per heavy atom. The van der Waals surface area contributed by atoms with E-state index in [1.807, 2.05) is 0 Å². The average Bonchev–Trinajstić information content (AvgIpc) is 2.37. The minimum Gasteiger partial charge on any atom is -0.321 e. The van der Waals surface area contributed by atoms with Crippen LogP contribution in [-0.2, 0) is 6.18 Å². The molecule has 1 aromatic carbocycles. The van der Waals surface area contributed by atoms with E-state index in [9.17, 15) is 18.0 Å². The number of benzene rings is 1. The van der Waals surface area contributed by atoms with Gasteiger partial charge in [-0.2, -0.15) is 13.2 Å². The number of nitrogens with one attached hydrogen (secondary N) is 1. The Hall–Kier alpha value is -1.67. The summed E-state index contributed by atoms with van der Waals surface area (Å²) in [6, 6.07) is 3.08. The average molecular weight is 381 g/mol. The van der Waals surface area contributed by atoms with Gasteiger partial charge in [0.05, 0.1) is 18.0 Å². The topological polar surface area (TPSA) is 54.9 Å². The van der Waals surface area contributed by atoms with E-state index in [0.29, 0.717) is 0 Å². The van der Waals surface area contributed by atoms with Crippen LogP contribution in [0.15, 0.2) is 35.1 Å². The second-order valence-electron chi connectivity index (χ2n) is 3.90. The van der Waals surface area contributed by atoms with Gasteiger partial charge in [-0.25, -0.2) is 9.97 Å². The first-order valence-electron chi connectivity index (χ1n) is 5.42. The number of carbonyl (C=O) groups is 1. The lowest BCUT2D eigenvalue weighted by Crippen LogP contribution is -2.15. The number of hydrogen-bond acceptors (Lipinski definition) is 3. The molecule has 0 fully saturated rings. The molecule has 0 aliphatic heterocycles. The fraction of sp³-hybridized carbons (Fsp3) is 0.0833. The highest BCUT2D eigenvalue weighted by Crippen LogP contribution is 2.33. The Kier molecular flexibility index (Phi) is 4.48. The first kappa shape index (κ1) is 15.7. The van der Waals surface area contributed by atoms with Gasteiger partial charge < -0.3 is 5.32 Å². The molecule has 0 bridgehead atoms. The molecule has 0 spiro atoms. The summed E-state index contributed by atoms with van der Waals surface area (Å²) in [6.45, 7) is 0. The van der Waals surface area contributed by atoms with E-state index >= 15 is 0 Å². The summed E-state index contributed by atoms with van der Waals surface area (Å²) >= 11 is 8.50. The number of aromatic nitrogens is 2. The maximum Gasteiger partial charge on any atom is 0.416 e. The molecule has 110 valence electrons. The van der Waals surface area contributed by atoms with Crippen LogP contribution in [0, 0.1) is 0 Å². The Bertz CT molecular complexity index is 676. The third-order valence-corrected chi connectivity index (χ3v) is 2.99. The number of nitrogens with zero attached hydrogens (tertiary/aromatic N) is 2. The van der Waals surface area contributed by atoms with Crippen molar-refractivity contribution >= 4 is 39.1 Å². The Labute approximate surface area is 130 Å². The molecular formula is C12H6BrClF3N3O.